The van der Waals surface area contributed by atoms with Crippen LogP contribution in [0.15, 0.2) is 65.6 Å². The predicted molar refractivity (Wildman–Crippen MR) is 125 cm³/mol. The highest BCUT2D eigenvalue weighted by atomic mass is 35.5. The van der Waals surface area contributed by atoms with Crippen LogP contribution in [0, 0.1) is 6.92 Å². The SMILES string of the molecule is COc1ccc(S(=O)(=O)Oc2cc(C(C)C)c(NC(=O)c3ccc(Cl)cc3)cc2C)cc1. The van der Waals surface area contributed by atoms with Gasteiger partial charge < -0.3 is 14.2 Å². The zero-order chi connectivity index (χ0) is 23.5. The van der Waals surface area contributed by atoms with Gasteiger partial charge in [0.05, 0.1) is 7.11 Å². The lowest BCUT2D eigenvalue weighted by Crippen LogP contribution is -2.15. The van der Waals surface area contributed by atoms with Gasteiger partial charge in [0.2, 0.25) is 0 Å². The summed E-state index contributed by atoms with van der Waals surface area (Å²) >= 11 is 5.89. The van der Waals surface area contributed by atoms with Crippen molar-refractivity contribution in [2.75, 3.05) is 12.4 Å². The molecule has 0 aliphatic rings. The third-order valence-corrected chi connectivity index (χ3v) is 6.37. The van der Waals surface area contributed by atoms with E-state index in [0.29, 0.717) is 27.6 Å². The zero-order valence-electron chi connectivity index (χ0n) is 18.2. The number of benzene rings is 3. The number of amides is 1. The van der Waals surface area contributed by atoms with Crippen molar-refractivity contribution in [3.63, 3.8) is 0 Å². The molecule has 1 N–H and O–H groups in total. The van der Waals surface area contributed by atoms with Crippen LogP contribution in [0.4, 0.5) is 5.69 Å². The van der Waals surface area contributed by atoms with E-state index in [1.165, 1.54) is 19.2 Å². The molecule has 1 amide bonds. The Morgan fingerprint density at radius 1 is 1.00 bits per heavy atom. The van der Waals surface area contributed by atoms with Gasteiger partial charge in [-0.05, 0) is 84.6 Å². The van der Waals surface area contributed by atoms with Crippen molar-refractivity contribution in [1.29, 1.82) is 0 Å². The van der Waals surface area contributed by atoms with Crippen LogP contribution in [-0.2, 0) is 10.1 Å². The maximum atomic E-state index is 12.8. The van der Waals surface area contributed by atoms with Crippen molar-refractivity contribution < 1.29 is 22.1 Å². The topological polar surface area (TPSA) is 81.7 Å². The van der Waals surface area contributed by atoms with E-state index in [9.17, 15) is 13.2 Å². The highest BCUT2D eigenvalue weighted by Crippen LogP contribution is 2.34. The monoisotopic (exact) mass is 473 g/mol. The fourth-order valence-corrected chi connectivity index (χ4v) is 4.19. The number of carbonyl (C=O) groups is 1. The molecular formula is C24H24ClNO5S. The summed E-state index contributed by atoms with van der Waals surface area (Å²) in [7, 11) is -2.54. The number of aryl methyl sites for hydroxylation is 1. The Kier molecular flexibility index (Phi) is 7.11. The van der Waals surface area contributed by atoms with E-state index in [2.05, 4.69) is 5.32 Å². The third-order valence-electron chi connectivity index (χ3n) is 4.87. The third kappa shape index (κ3) is 5.41. The van der Waals surface area contributed by atoms with Gasteiger partial charge in [-0.15, -0.1) is 0 Å². The summed E-state index contributed by atoms with van der Waals surface area (Å²) in [6.07, 6.45) is 0. The number of hydrogen-bond donors (Lipinski definition) is 1. The van der Waals surface area contributed by atoms with Crippen LogP contribution in [0.2, 0.25) is 5.02 Å². The lowest BCUT2D eigenvalue weighted by molar-refractivity contribution is 0.102. The predicted octanol–water partition coefficient (Wildman–Crippen LogP) is 5.80. The van der Waals surface area contributed by atoms with Crippen molar-refractivity contribution in [2.24, 2.45) is 0 Å². The quantitative estimate of drug-likeness (QED) is 0.438. The van der Waals surface area contributed by atoms with Crippen molar-refractivity contribution in [2.45, 2.75) is 31.6 Å². The van der Waals surface area contributed by atoms with Gasteiger partial charge >= 0.3 is 10.1 Å². The molecule has 0 bridgehead atoms. The maximum Gasteiger partial charge on any atom is 0.339 e. The van der Waals surface area contributed by atoms with Gasteiger partial charge in [0.1, 0.15) is 16.4 Å². The molecule has 0 atom stereocenters. The van der Waals surface area contributed by atoms with Crippen LogP contribution in [-0.4, -0.2) is 21.4 Å². The number of anilines is 1. The molecule has 0 unspecified atom stereocenters. The Balaban J connectivity index is 1.90. The molecule has 0 saturated carbocycles. The Bertz CT molecular complexity index is 1220. The average molecular weight is 474 g/mol. The van der Waals surface area contributed by atoms with Crippen molar-refractivity contribution >= 4 is 33.3 Å². The molecule has 0 aliphatic heterocycles. The largest absolute Gasteiger partial charge is 0.497 e. The van der Waals surface area contributed by atoms with Gasteiger partial charge in [0, 0.05) is 16.3 Å². The summed E-state index contributed by atoms with van der Waals surface area (Å²) in [6, 6.07) is 15.9. The minimum absolute atomic E-state index is 0.00200. The fraction of sp³-hybridized carbons (Fsp3) is 0.208. The molecule has 3 aromatic rings. The smallest absolute Gasteiger partial charge is 0.339 e. The number of hydrogen-bond acceptors (Lipinski definition) is 5. The molecule has 32 heavy (non-hydrogen) atoms. The second-order valence-corrected chi connectivity index (χ2v) is 9.52. The van der Waals surface area contributed by atoms with E-state index in [0.717, 1.165) is 5.56 Å². The summed E-state index contributed by atoms with van der Waals surface area (Å²) in [5.41, 5.74) is 2.37. The van der Waals surface area contributed by atoms with Crippen molar-refractivity contribution in [3.05, 3.63) is 82.4 Å². The highest BCUT2D eigenvalue weighted by molar-refractivity contribution is 7.87. The first-order chi connectivity index (χ1) is 15.1. The fourth-order valence-electron chi connectivity index (χ4n) is 3.08. The molecule has 0 saturated heterocycles. The molecule has 8 heteroatoms. The molecule has 0 radical (unpaired) electrons. The lowest BCUT2D eigenvalue weighted by atomic mass is 9.98. The number of methoxy groups -OCH3 is 1. The minimum atomic E-state index is -4.04. The van der Waals surface area contributed by atoms with Crippen LogP contribution in [0.3, 0.4) is 0 Å². The summed E-state index contributed by atoms with van der Waals surface area (Å²) < 4.78 is 36.0. The molecule has 3 aromatic carbocycles. The number of rotatable bonds is 7. The van der Waals surface area contributed by atoms with Gasteiger partial charge in [-0.2, -0.15) is 8.42 Å². The van der Waals surface area contributed by atoms with Gasteiger partial charge in [0.25, 0.3) is 5.91 Å². The molecule has 0 fully saturated rings. The molecule has 6 nitrogen and oxygen atoms in total. The Labute approximate surface area is 193 Å². The number of ether oxygens (including phenoxy) is 1. The van der Waals surface area contributed by atoms with Crippen LogP contribution in [0.5, 0.6) is 11.5 Å². The van der Waals surface area contributed by atoms with Crippen LogP contribution in [0.1, 0.15) is 41.3 Å². The first-order valence-corrected chi connectivity index (χ1v) is 11.7. The summed E-state index contributed by atoms with van der Waals surface area (Å²) in [5, 5.41) is 3.44. The van der Waals surface area contributed by atoms with Crippen molar-refractivity contribution in [1.82, 2.24) is 0 Å². The molecule has 168 valence electrons. The molecule has 0 aliphatic carbocycles. The van der Waals surface area contributed by atoms with E-state index in [-0.39, 0.29) is 22.5 Å². The maximum absolute atomic E-state index is 12.8. The van der Waals surface area contributed by atoms with Gasteiger partial charge in [0.15, 0.2) is 0 Å². The molecule has 0 heterocycles. The van der Waals surface area contributed by atoms with E-state index in [1.807, 2.05) is 13.8 Å². The second kappa shape index (κ2) is 9.63. The molecule has 0 spiro atoms. The Morgan fingerprint density at radius 2 is 1.62 bits per heavy atom. The van der Waals surface area contributed by atoms with Gasteiger partial charge in [-0.3, -0.25) is 4.79 Å². The normalized spacial score (nSPS) is 11.3. The average Bonchev–Trinajstić information content (AvgIpc) is 2.75. The van der Waals surface area contributed by atoms with Gasteiger partial charge in [-0.25, -0.2) is 0 Å². The van der Waals surface area contributed by atoms with E-state index in [1.54, 1.807) is 55.5 Å². The first-order valence-electron chi connectivity index (χ1n) is 9.90. The van der Waals surface area contributed by atoms with Crippen LogP contribution >= 0.6 is 11.6 Å². The number of halogens is 1. The van der Waals surface area contributed by atoms with E-state index < -0.39 is 10.1 Å². The van der Waals surface area contributed by atoms with Crippen LogP contribution in [0.25, 0.3) is 0 Å². The number of carbonyl (C=O) groups excluding carboxylic acids is 1. The standard InChI is InChI=1S/C24H24ClNO5S/c1-15(2)21-14-23(31-32(28,29)20-11-9-19(30-4)10-12-20)16(3)13-22(21)26-24(27)17-5-7-18(25)8-6-17/h5-15H,1-4H3,(H,26,27). The second-order valence-electron chi connectivity index (χ2n) is 7.53. The van der Waals surface area contributed by atoms with Gasteiger partial charge in [-0.1, -0.05) is 25.4 Å². The molecule has 0 aromatic heterocycles. The summed E-state index contributed by atoms with van der Waals surface area (Å²) in [6.45, 7) is 5.62. The highest BCUT2D eigenvalue weighted by Gasteiger charge is 2.21. The number of nitrogens with one attached hydrogen (secondary N) is 1. The van der Waals surface area contributed by atoms with Crippen molar-refractivity contribution in [3.8, 4) is 11.5 Å². The zero-order valence-corrected chi connectivity index (χ0v) is 19.8. The Hall–Kier alpha value is -3.03. The summed E-state index contributed by atoms with van der Waals surface area (Å²) in [5.74, 6) is 0.460. The molecule has 3 rings (SSSR count). The summed E-state index contributed by atoms with van der Waals surface area (Å²) in [4.78, 5) is 12.7. The van der Waals surface area contributed by atoms with Crippen LogP contribution < -0.4 is 14.2 Å². The van der Waals surface area contributed by atoms with E-state index in [4.69, 9.17) is 20.5 Å². The molecular weight excluding hydrogens is 450 g/mol. The first kappa shape index (κ1) is 23.6. The Morgan fingerprint density at radius 3 is 2.19 bits per heavy atom. The lowest BCUT2D eigenvalue weighted by Gasteiger charge is -2.18. The minimum Gasteiger partial charge on any atom is -0.497 e. The van der Waals surface area contributed by atoms with E-state index >= 15 is 0 Å².